The van der Waals surface area contributed by atoms with Gasteiger partial charge in [0.2, 0.25) is 0 Å². The van der Waals surface area contributed by atoms with Crippen molar-refractivity contribution in [2.75, 3.05) is 16.7 Å². The van der Waals surface area contributed by atoms with Crippen LogP contribution in [0, 0.1) is 12.8 Å². The maximum absolute atomic E-state index is 13.1. The SMILES string of the molecule is Cc1ccc(N(C)S(=O)(=O)c2cccc(C(=O)Nc3ccnn3[C@H](C)C3CC3)c2)cc1. The molecule has 2 aromatic carbocycles. The van der Waals surface area contributed by atoms with E-state index in [0.717, 1.165) is 5.56 Å². The largest absolute Gasteiger partial charge is 0.307 e. The third-order valence-corrected chi connectivity index (χ3v) is 7.54. The van der Waals surface area contributed by atoms with E-state index >= 15 is 0 Å². The number of hydrogen-bond acceptors (Lipinski definition) is 4. The van der Waals surface area contributed by atoms with Crippen molar-refractivity contribution in [1.82, 2.24) is 9.78 Å². The minimum atomic E-state index is -3.81. The molecule has 1 aliphatic carbocycles. The molecule has 1 amide bonds. The standard InChI is InChI=1S/C23H26N4O3S/c1-16-7-11-20(12-8-16)26(3)31(29,30)21-6-4-5-19(15-21)23(28)25-22-13-14-24-27(22)17(2)18-9-10-18/h4-8,11-15,17-18H,9-10H2,1-3H3,(H,25,28)/t17-/m1/s1. The Balaban J connectivity index is 1.56. The number of hydrogen-bond donors (Lipinski definition) is 1. The molecule has 0 aliphatic heterocycles. The van der Waals surface area contributed by atoms with Gasteiger partial charge in [-0.1, -0.05) is 23.8 Å². The average Bonchev–Trinajstić information content (AvgIpc) is 3.52. The number of nitrogens with one attached hydrogen (secondary N) is 1. The van der Waals surface area contributed by atoms with E-state index in [1.54, 1.807) is 36.5 Å². The van der Waals surface area contributed by atoms with Crippen LogP contribution in [0.15, 0.2) is 65.7 Å². The van der Waals surface area contributed by atoms with Crippen LogP contribution in [0.2, 0.25) is 0 Å². The van der Waals surface area contributed by atoms with Crippen LogP contribution in [-0.4, -0.2) is 31.2 Å². The lowest BCUT2D eigenvalue weighted by atomic mass is 10.2. The molecule has 162 valence electrons. The van der Waals surface area contributed by atoms with E-state index in [1.165, 1.54) is 36.3 Å². The molecule has 8 heteroatoms. The van der Waals surface area contributed by atoms with Crippen molar-refractivity contribution in [2.24, 2.45) is 5.92 Å². The first-order valence-electron chi connectivity index (χ1n) is 10.3. The van der Waals surface area contributed by atoms with Gasteiger partial charge < -0.3 is 5.32 Å². The fourth-order valence-electron chi connectivity index (χ4n) is 3.55. The van der Waals surface area contributed by atoms with Crippen LogP contribution in [0.25, 0.3) is 0 Å². The summed E-state index contributed by atoms with van der Waals surface area (Å²) < 4.78 is 29.3. The molecule has 0 radical (unpaired) electrons. The van der Waals surface area contributed by atoms with Gasteiger partial charge in [-0.15, -0.1) is 0 Å². The molecule has 7 nitrogen and oxygen atoms in total. The Kier molecular flexibility index (Phi) is 5.58. The van der Waals surface area contributed by atoms with Gasteiger partial charge in [0.05, 0.1) is 22.8 Å². The topological polar surface area (TPSA) is 84.3 Å². The van der Waals surface area contributed by atoms with Crippen molar-refractivity contribution < 1.29 is 13.2 Å². The summed E-state index contributed by atoms with van der Waals surface area (Å²) in [5, 5.41) is 7.21. The second-order valence-corrected chi connectivity index (χ2v) is 10.00. The summed E-state index contributed by atoms with van der Waals surface area (Å²) in [5.74, 6) is 0.815. The molecule has 1 aromatic heterocycles. The molecule has 0 unspecified atom stereocenters. The monoisotopic (exact) mass is 438 g/mol. The third kappa shape index (κ3) is 4.34. The van der Waals surface area contributed by atoms with Crippen LogP contribution in [0.4, 0.5) is 11.5 Å². The van der Waals surface area contributed by atoms with Crippen molar-refractivity contribution >= 4 is 27.4 Å². The Morgan fingerprint density at radius 1 is 1.16 bits per heavy atom. The summed E-state index contributed by atoms with van der Waals surface area (Å²) in [6.07, 6.45) is 4.00. The predicted octanol–water partition coefficient (Wildman–Crippen LogP) is 4.24. The number of anilines is 2. The smallest absolute Gasteiger partial charge is 0.264 e. The van der Waals surface area contributed by atoms with E-state index < -0.39 is 10.0 Å². The lowest BCUT2D eigenvalue weighted by molar-refractivity contribution is 0.102. The fraction of sp³-hybridized carbons (Fsp3) is 0.304. The average molecular weight is 439 g/mol. The highest BCUT2D eigenvalue weighted by atomic mass is 32.2. The fourth-order valence-corrected chi connectivity index (χ4v) is 4.80. The number of amides is 1. The normalized spacial score (nSPS) is 14.8. The number of sulfonamides is 1. The van der Waals surface area contributed by atoms with E-state index in [0.29, 0.717) is 17.4 Å². The summed E-state index contributed by atoms with van der Waals surface area (Å²) in [6.45, 7) is 4.03. The van der Waals surface area contributed by atoms with E-state index in [1.807, 2.05) is 23.7 Å². The van der Waals surface area contributed by atoms with Gasteiger partial charge in [-0.2, -0.15) is 5.10 Å². The minimum absolute atomic E-state index is 0.0584. The molecule has 0 bridgehead atoms. The molecule has 0 saturated heterocycles. The Labute approximate surface area is 182 Å². The summed E-state index contributed by atoms with van der Waals surface area (Å²) in [4.78, 5) is 12.9. The molecule has 1 saturated carbocycles. The van der Waals surface area contributed by atoms with E-state index in [9.17, 15) is 13.2 Å². The summed E-state index contributed by atoms with van der Waals surface area (Å²) in [7, 11) is -2.31. The van der Waals surface area contributed by atoms with Crippen molar-refractivity contribution in [3.63, 3.8) is 0 Å². The highest BCUT2D eigenvalue weighted by molar-refractivity contribution is 7.92. The van der Waals surface area contributed by atoms with Crippen LogP contribution >= 0.6 is 0 Å². The van der Waals surface area contributed by atoms with Gasteiger partial charge in [0.1, 0.15) is 5.82 Å². The minimum Gasteiger partial charge on any atom is -0.307 e. The van der Waals surface area contributed by atoms with Crippen LogP contribution < -0.4 is 9.62 Å². The molecule has 31 heavy (non-hydrogen) atoms. The zero-order valence-corrected chi connectivity index (χ0v) is 18.6. The van der Waals surface area contributed by atoms with Gasteiger partial charge >= 0.3 is 0 Å². The Bertz CT molecular complexity index is 1200. The highest BCUT2D eigenvalue weighted by Crippen LogP contribution is 2.40. The second kappa shape index (κ2) is 8.19. The molecule has 1 N–H and O–H groups in total. The van der Waals surface area contributed by atoms with Gasteiger partial charge in [-0.25, -0.2) is 13.1 Å². The Hall–Kier alpha value is -3.13. The molecule has 4 rings (SSSR count). The number of aromatic nitrogens is 2. The van der Waals surface area contributed by atoms with E-state index in [-0.39, 0.29) is 22.4 Å². The molecule has 3 aromatic rings. The highest BCUT2D eigenvalue weighted by Gasteiger charge is 2.31. The molecule has 1 fully saturated rings. The van der Waals surface area contributed by atoms with Crippen LogP contribution in [0.3, 0.4) is 0 Å². The van der Waals surface area contributed by atoms with E-state index in [4.69, 9.17) is 0 Å². The Morgan fingerprint density at radius 2 is 1.87 bits per heavy atom. The lowest BCUT2D eigenvalue weighted by Crippen LogP contribution is -2.27. The number of benzene rings is 2. The van der Waals surface area contributed by atoms with Crippen LogP contribution in [0.5, 0.6) is 0 Å². The summed E-state index contributed by atoms with van der Waals surface area (Å²) >= 11 is 0. The third-order valence-electron chi connectivity index (χ3n) is 5.75. The quantitative estimate of drug-likeness (QED) is 0.598. The zero-order valence-electron chi connectivity index (χ0n) is 17.8. The van der Waals surface area contributed by atoms with Gasteiger partial charge in [-0.3, -0.25) is 9.10 Å². The molecule has 1 aliphatic rings. The number of nitrogens with zero attached hydrogens (tertiary/aromatic N) is 3. The number of carbonyl (C=O) groups is 1. The first kappa shape index (κ1) is 21.1. The lowest BCUT2D eigenvalue weighted by Gasteiger charge is -2.20. The summed E-state index contributed by atoms with van der Waals surface area (Å²) in [6, 6.07) is 15.3. The number of aryl methyl sites for hydroxylation is 1. The number of rotatable bonds is 7. The molecular weight excluding hydrogens is 412 g/mol. The van der Waals surface area contributed by atoms with Crippen molar-refractivity contribution in [3.05, 3.63) is 71.9 Å². The van der Waals surface area contributed by atoms with Crippen molar-refractivity contribution in [3.8, 4) is 0 Å². The second-order valence-electron chi connectivity index (χ2n) is 8.03. The predicted molar refractivity (Wildman–Crippen MR) is 121 cm³/mol. The molecule has 0 spiro atoms. The zero-order chi connectivity index (χ0) is 22.2. The van der Waals surface area contributed by atoms with Gasteiger partial charge in [0, 0.05) is 18.7 Å². The van der Waals surface area contributed by atoms with Crippen molar-refractivity contribution in [2.45, 2.75) is 37.6 Å². The first-order valence-corrected chi connectivity index (χ1v) is 11.7. The van der Waals surface area contributed by atoms with Crippen LogP contribution in [0.1, 0.15) is 41.7 Å². The van der Waals surface area contributed by atoms with Crippen LogP contribution in [-0.2, 0) is 10.0 Å². The maximum atomic E-state index is 13.1. The number of carbonyl (C=O) groups excluding carboxylic acids is 1. The summed E-state index contributed by atoms with van der Waals surface area (Å²) in [5.41, 5.74) is 1.87. The maximum Gasteiger partial charge on any atom is 0.264 e. The first-order chi connectivity index (χ1) is 14.8. The van der Waals surface area contributed by atoms with Gasteiger partial charge in [-0.05, 0) is 62.9 Å². The Morgan fingerprint density at radius 3 is 2.55 bits per heavy atom. The van der Waals surface area contributed by atoms with E-state index in [2.05, 4.69) is 17.3 Å². The molecule has 1 atom stereocenters. The van der Waals surface area contributed by atoms with Crippen molar-refractivity contribution in [1.29, 1.82) is 0 Å². The molecular formula is C23H26N4O3S. The van der Waals surface area contributed by atoms with Gasteiger partial charge in [0.15, 0.2) is 0 Å². The molecule has 1 heterocycles. The van der Waals surface area contributed by atoms with Gasteiger partial charge in [0.25, 0.3) is 15.9 Å².